The third kappa shape index (κ3) is 3.68. The molecule has 0 saturated carbocycles. The Morgan fingerprint density at radius 2 is 1.95 bits per heavy atom. The van der Waals surface area contributed by atoms with Crippen LogP contribution in [0.1, 0.15) is 29.7 Å². The predicted molar refractivity (Wildman–Crippen MR) is 85.4 cm³/mol. The molecule has 1 nitrogen and oxygen atoms in total. The Morgan fingerprint density at radius 3 is 2.65 bits per heavy atom. The maximum Gasteiger partial charge on any atom is 0.123 e. The van der Waals surface area contributed by atoms with E-state index in [1.165, 1.54) is 11.6 Å². The summed E-state index contributed by atoms with van der Waals surface area (Å²) in [5, 5.41) is 3.48. The molecule has 1 unspecified atom stereocenters. The summed E-state index contributed by atoms with van der Waals surface area (Å²) < 4.78 is 14.5. The molecular formula is C17H19BrFN. The topological polar surface area (TPSA) is 12.0 Å². The molecule has 0 aliphatic carbocycles. The molecule has 0 bridgehead atoms. The predicted octanol–water partition coefficient (Wildman–Crippen LogP) is 4.79. The fourth-order valence-electron chi connectivity index (χ4n) is 2.38. The number of hydrogen-bond donors (Lipinski definition) is 1. The third-order valence-corrected chi connectivity index (χ3v) is 4.19. The zero-order chi connectivity index (χ0) is 14.5. The lowest BCUT2D eigenvalue weighted by Crippen LogP contribution is -2.23. The van der Waals surface area contributed by atoms with Crippen LogP contribution in [0.5, 0.6) is 0 Å². The number of nitrogens with one attached hydrogen (secondary N) is 1. The first kappa shape index (κ1) is 15.2. The van der Waals surface area contributed by atoms with Gasteiger partial charge in [-0.05, 0) is 54.8 Å². The summed E-state index contributed by atoms with van der Waals surface area (Å²) >= 11 is 3.60. The summed E-state index contributed by atoms with van der Waals surface area (Å²) in [6.07, 6.45) is 0.778. The van der Waals surface area contributed by atoms with Crippen molar-refractivity contribution in [3.63, 3.8) is 0 Å². The molecule has 2 rings (SSSR count). The molecule has 20 heavy (non-hydrogen) atoms. The summed E-state index contributed by atoms with van der Waals surface area (Å²) in [6.45, 7) is 4.99. The number of likely N-dealkylation sites (N-methyl/N-ethyl adjacent to an activating group) is 1. The molecule has 0 amide bonds. The van der Waals surface area contributed by atoms with Gasteiger partial charge in [-0.25, -0.2) is 4.39 Å². The average molecular weight is 336 g/mol. The molecule has 0 heterocycles. The molecule has 0 aromatic heterocycles. The quantitative estimate of drug-likeness (QED) is 0.828. The second-order valence-corrected chi connectivity index (χ2v) is 5.76. The Balaban J connectivity index is 2.30. The van der Waals surface area contributed by atoms with Crippen molar-refractivity contribution in [2.75, 3.05) is 6.54 Å². The highest BCUT2D eigenvalue weighted by atomic mass is 79.9. The van der Waals surface area contributed by atoms with Crippen molar-refractivity contribution in [1.82, 2.24) is 5.32 Å². The smallest absolute Gasteiger partial charge is 0.123 e. The Morgan fingerprint density at radius 1 is 1.20 bits per heavy atom. The van der Waals surface area contributed by atoms with Gasteiger partial charge in [0.05, 0.1) is 0 Å². The van der Waals surface area contributed by atoms with Gasteiger partial charge in [-0.15, -0.1) is 0 Å². The van der Waals surface area contributed by atoms with Crippen LogP contribution in [0.15, 0.2) is 46.9 Å². The van der Waals surface area contributed by atoms with Gasteiger partial charge < -0.3 is 5.32 Å². The number of rotatable bonds is 5. The molecule has 1 atom stereocenters. The molecule has 1 N–H and O–H groups in total. The van der Waals surface area contributed by atoms with E-state index in [9.17, 15) is 4.39 Å². The van der Waals surface area contributed by atoms with Gasteiger partial charge in [-0.3, -0.25) is 0 Å². The van der Waals surface area contributed by atoms with Gasteiger partial charge >= 0.3 is 0 Å². The van der Waals surface area contributed by atoms with E-state index in [1.807, 2.05) is 31.2 Å². The molecule has 0 fully saturated rings. The molecule has 0 radical (unpaired) electrons. The van der Waals surface area contributed by atoms with Crippen LogP contribution in [-0.2, 0) is 6.42 Å². The number of halogens is 2. The Bertz CT molecular complexity index is 583. The van der Waals surface area contributed by atoms with E-state index in [2.05, 4.69) is 34.2 Å². The van der Waals surface area contributed by atoms with Gasteiger partial charge in [0, 0.05) is 10.5 Å². The van der Waals surface area contributed by atoms with Crippen LogP contribution in [0, 0.1) is 12.7 Å². The lowest BCUT2D eigenvalue weighted by Gasteiger charge is -2.21. The monoisotopic (exact) mass is 335 g/mol. The summed E-state index contributed by atoms with van der Waals surface area (Å²) in [5.74, 6) is -0.173. The third-order valence-electron chi connectivity index (χ3n) is 3.47. The molecule has 0 saturated heterocycles. The minimum Gasteiger partial charge on any atom is -0.310 e. The molecule has 2 aromatic rings. The Kier molecular flexibility index (Phi) is 5.32. The van der Waals surface area contributed by atoms with Gasteiger partial charge in [-0.1, -0.05) is 47.1 Å². The highest BCUT2D eigenvalue weighted by molar-refractivity contribution is 9.10. The first-order valence-corrected chi connectivity index (χ1v) is 7.64. The van der Waals surface area contributed by atoms with Crippen molar-refractivity contribution in [2.24, 2.45) is 0 Å². The zero-order valence-corrected chi connectivity index (χ0v) is 13.4. The number of aryl methyl sites for hydroxylation is 1. The maximum atomic E-state index is 13.4. The first-order valence-electron chi connectivity index (χ1n) is 6.84. The van der Waals surface area contributed by atoms with Crippen molar-refractivity contribution in [2.45, 2.75) is 26.3 Å². The largest absolute Gasteiger partial charge is 0.310 e. The normalized spacial score (nSPS) is 12.4. The van der Waals surface area contributed by atoms with Crippen molar-refractivity contribution in [3.05, 3.63) is 69.4 Å². The fraction of sp³-hybridized carbons (Fsp3) is 0.294. The lowest BCUT2D eigenvalue weighted by atomic mass is 9.96. The van der Waals surface area contributed by atoms with Crippen molar-refractivity contribution < 1.29 is 4.39 Å². The molecule has 0 aliphatic heterocycles. The van der Waals surface area contributed by atoms with Crippen molar-refractivity contribution in [3.8, 4) is 0 Å². The molecular weight excluding hydrogens is 317 g/mol. The average Bonchev–Trinajstić information content (AvgIpc) is 2.43. The minimum atomic E-state index is -0.173. The Hall–Kier alpha value is -1.19. The maximum absolute atomic E-state index is 13.4. The zero-order valence-electron chi connectivity index (χ0n) is 11.8. The van der Waals surface area contributed by atoms with Crippen LogP contribution < -0.4 is 5.32 Å². The Labute approximate surface area is 128 Å². The molecule has 3 heteroatoms. The van der Waals surface area contributed by atoms with Gasteiger partial charge in [0.25, 0.3) is 0 Å². The number of benzene rings is 2. The standard InChI is InChI=1S/C17H19BrFN/c1-3-20-17(15-6-4-5-7-16(15)18)11-13-10-14(19)9-8-12(13)2/h4-10,17,20H,3,11H2,1-2H3. The molecule has 0 aliphatic rings. The molecule has 2 aromatic carbocycles. The summed E-state index contributed by atoms with van der Waals surface area (Å²) in [5.41, 5.74) is 3.38. The van der Waals surface area contributed by atoms with E-state index in [4.69, 9.17) is 0 Å². The number of hydrogen-bond acceptors (Lipinski definition) is 1. The van der Waals surface area contributed by atoms with Crippen LogP contribution in [0.4, 0.5) is 4.39 Å². The lowest BCUT2D eigenvalue weighted by molar-refractivity contribution is 0.543. The van der Waals surface area contributed by atoms with E-state index < -0.39 is 0 Å². The second-order valence-electron chi connectivity index (χ2n) is 4.91. The van der Waals surface area contributed by atoms with Crippen LogP contribution in [0.2, 0.25) is 0 Å². The van der Waals surface area contributed by atoms with Gasteiger partial charge in [0.1, 0.15) is 5.82 Å². The highest BCUT2D eigenvalue weighted by Gasteiger charge is 2.15. The summed E-state index contributed by atoms with van der Waals surface area (Å²) in [6, 6.07) is 13.3. The van der Waals surface area contributed by atoms with E-state index in [0.717, 1.165) is 28.6 Å². The van der Waals surface area contributed by atoms with E-state index in [1.54, 1.807) is 6.07 Å². The van der Waals surface area contributed by atoms with Crippen LogP contribution >= 0.6 is 15.9 Å². The minimum absolute atomic E-state index is 0.173. The second kappa shape index (κ2) is 7.00. The molecule has 0 spiro atoms. The SMILES string of the molecule is CCNC(Cc1cc(F)ccc1C)c1ccccc1Br. The fourth-order valence-corrected chi connectivity index (χ4v) is 2.94. The van der Waals surface area contributed by atoms with Gasteiger partial charge in [0.15, 0.2) is 0 Å². The molecule has 106 valence electrons. The van der Waals surface area contributed by atoms with Crippen molar-refractivity contribution >= 4 is 15.9 Å². The van der Waals surface area contributed by atoms with Gasteiger partial charge in [0.2, 0.25) is 0 Å². The van der Waals surface area contributed by atoms with Crippen LogP contribution in [0.25, 0.3) is 0 Å². The van der Waals surface area contributed by atoms with Crippen LogP contribution in [0.3, 0.4) is 0 Å². The highest BCUT2D eigenvalue weighted by Crippen LogP contribution is 2.27. The van der Waals surface area contributed by atoms with E-state index in [0.29, 0.717) is 0 Å². The van der Waals surface area contributed by atoms with Crippen LogP contribution in [-0.4, -0.2) is 6.54 Å². The summed E-state index contributed by atoms with van der Waals surface area (Å²) in [4.78, 5) is 0. The van der Waals surface area contributed by atoms with E-state index >= 15 is 0 Å². The first-order chi connectivity index (χ1) is 9.61. The summed E-state index contributed by atoms with van der Waals surface area (Å²) in [7, 11) is 0. The van der Waals surface area contributed by atoms with Gasteiger partial charge in [-0.2, -0.15) is 0 Å². The van der Waals surface area contributed by atoms with Crippen molar-refractivity contribution in [1.29, 1.82) is 0 Å². The van der Waals surface area contributed by atoms with E-state index in [-0.39, 0.29) is 11.9 Å².